The molecule has 0 saturated heterocycles. The van der Waals surface area contributed by atoms with Crippen LogP contribution < -0.4 is 5.32 Å². The molecule has 3 heteroatoms. The molecule has 0 bridgehead atoms. The second-order valence-corrected chi connectivity index (χ2v) is 6.55. The van der Waals surface area contributed by atoms with Crippen LogP contribution in [0.2, 0.25) is 0 Å². The van der Waals surface area contributed by atoms with Gasteiger partial charge in [-0.1, -0.05) is 12.8 Å². The standard InChI is InChI=1S/C13H20N2S/c1-9-8-16-12(14-9)13(2,7-10-3-4-10)15-11-5-6-11/h8,10-11,15H,3-7H2,1-2H3. The molecule has 0 amide bonds. The van der Waals surface area contributed by atoms with Crippen molar-refractivity contribution >= 4 is 11.3 Å². The quantitative estimate of drug-likeness (QED) is 0.849. The number of rotatable bonds is 5. The topological polar surface area (TPSA) is 24.9 Å². The molecule has 2 saturated carbocycles. The predicted molar refractivity (Wildman–Crippen MR) is 67.7 cm³/mol. The molecule has 2 aliphatic carbocycles. The highest BCUT2D eigenvalue weighted by atomic mass is 32.1. The molecule has 1 atom stereocenters. The van der Waals surface area contributed by atoms with E-state index in [9.17, 15) is 0 Å². The van der Waals surface area contributed by atoms with Gasteiger partial charge in [0.1, 0.15) is 5.01 Å². The van der Waals surface area contributed by atoms with E-state index in [2.05, 4.69) is 24.5 Å². The Morgan fingerprint density at radius 2 is 2.19 bits per heavy atom. The molecule has 1 unspecified atom stereocenters. The summed E-state index contributed by atoms with van der Waals surface area (Å²) < 4.78 is 0. The van der Waals surface area contributed by atoms with Crippen LogP contribution in [0.4, 0.5) is 0 Å². The summed E-state index contributed by atoms with van der Waals surface area (Å²) in [4.78, 5) is 4.70. The van der Waals surface area contributed by atoms with Gasteiger partial charge in [0, 0.05) is 17.1 Å². The first-order valence-corrected chi connectivity index (χ1v) is 7.24. The van der Waals surface area contributed by atoms with E-state index >= 15 is 0 Å². The zero-order valence-corrected chi connectivity index (χ0v) is 10.9. The molecule has 1 heterocycles. The number of aryl methyl sites for hydroxylation is 1. The van der Waals surface area contributed by atoms with Gasteiger partial charge in [0.25, 0.3) is 0 Å². The third-order valence-electron chi connectivity index (χ3n) is 3.58. The Hall–Kier alpha value is -0.410. The first kappa shape index (κ1) is 10.7. The minimum Gasteiger partial charge on any atom is -0.303 e. The van der Waals surface area contributed by atoms with Crippen LogP contribution >= 0.6 is 11.3 Å². The van der Waals surface area contributed by atoms with Crippen molar-refractivity contribution in [3.8, 4) is 0 Å². The molecule has 2 nitrogen and oxygen atoms in total. The van der Waals surface area contributed by atoms with Crippen LogP contribution in [-0.4, -0.2) is 11.0 Å². The van der Waals surface area contributed by atoms with Crippen LogP contribution in [0.1, 0.15) is 49.7 Å². The Morgan fingerprint density at radius 1 is 1.44 bits per heavy atom. The summed E-state index contributed by atoms with van der Waals surface area (Å²) in [5.74, 6) is 0.945. The second kappa shape index (κ2) is 3.81. The Balaban J connectivity index is 1.80. The number of thiazole rings is 1. The average molecular weight is 236 g/mol. The second-order valence-electron chi connectivity index (χ2n) is 5.69. The van der Waals surface area contributed by atoms with Crippen molar-refractivity contribution in [1.82, 2.24) is 10.3 Å². The fourth-order valence-corrected chi connectivity index (χ4v) is 3.33. The van der Waals surface area contributed by atoms with Crippen molar-refractivity contribution in [3.05, 3.63) is 16.1 Å². The molecule has 1 N–H and O–H groups in total. The monoisotopic (exact) mass is 236 g/mol. The zero-order valence-electron chi connectivity index (χ0n) is 10.1. The molecule has 0 spiro atoms. The normalized spacial score (nSPS) is 24.4. The van der Waals surface area contributed by atoms with Crippen molar-refractivity contribution in [1.29, 1.82) is 0 Å². The summed E-state index contributed by atoms with van der Waals surface area (Å²) in [7, 11) is 0. The lowest BCUT2D eigenvalue weighted by atomic mass is 9.95. The van der Waals surface area contributed by atoms with E-state index in [0.717, 1.165) is 12.0 Å². The summed E-state index contributed by atoms with van der Waals surface area (Å²) in [6, 6.07) is 0.757. The molecule has 1 aromatic rings. The minimum absolute atomic E-state index is 0.140. The van der Waals surface area contributed by atoms with E-state index in [1.807, 2.05) is 11.3 Å². The summed E-state index contributed by atoms with van der Waals surface area (Å²) >= 11 is 1.82. The number of aromatic nitrogens is 1. The van der Waals surface area contributed by atoms with Crippen molar-refractivity contribution in [3.63, 3.8) is 0 Å². The summed E-state index contributed by atoms with van der Waals surface area (Å²) in [5, 5.41) is 7.29. The van der Waals surface area contributed by atoms with Crippen LogP contribution in [0.5, 0.6) is 0 Å². The minimum atomic E-state index is 0.140. The Kier molecular flexibility index (Phi) is 2.55. The molecular weight excluding hydrogens is 216 g/mol. The van der Waals surface area contributed by atoms with Gasteiger partial charge in [-0.05, 0) is 39.0 Å². The van der Waals surface area contributed by atoms with Crippen molar-refractivity contribution in [2.75, 3.05) is 0 Å². The maximum absolute atomic E-state index is 4.70. The Labute approximate surface area is 101 Å². The zero-order chi connectivity index (χ0) is 11.2. The van der Waals surface area contributed by atoms with E-state index in [-0.39, 0.29) is 5.54 Å². The van der Waals surface area contributed by atoms with E-state index in [0.29, 0.717) is 0 Å². The molecule has 1 aromatic heterocycles. The van der Waals surface area contributed by atoms with Gasteiger partial charge >= 0.3 is 0 Å². The highest BCUT2D eigenvalue weighted by Crippen LogP contribution is 2.42. The third kappa shape index (κ3) is 2.30. The molecular formula is C13H20N2S. The lowest BCUT2D eigenvalue weighted by Crippen LogP contribution is -2.41. The number of hydrogen-bond donors (Lipinski definition) is 1. The third-order valence-corrected chi connectivity index (χ3v) is 4.81. The van der Waals surface area contributed by atoms with Crippen LogP contribution in [0.25, 0.3) is 0 Å². The van der Waals surface area contributed by atoms with Gasteiger partial charge in [-0.2, -0.15) is 0 Å². The molecule has 0 aliphatic heterocycles. The lowest BCUT2D eigenvalue weighted by molar-refractivity contribution is 0.317. The summed E-state index contributed by atoms with van der Waals surface area (Å²) in [6.07, 6.45) is 6.82. The highest BCUT2D eigenvalue weighted by molar-refractivity contribution is 7.09. The molecule has 2 fully saturated rings. The SMILES string of the molecule is Cc1csc(C(C)(CC2CC2)NC2CC2)n1. The first-order valence-electron chi connectivity index (χ1n) is 6.36. The van der Waals surface area contributed by atoms with Gasteiger partial charge in [-0.3, -0.25) is 0 Å². The summed E-state index contributed by atoms with van der Waals surface area (Å²) in [6.45, 7) is 4.44. The van der Waals surface area contributed by atoms with E-state index < -0.39 is 0 Å². The Morgan fingerprint density at radius 3 is 2.69 bits per heavy atom. The van der Waals surface area contributed by atoms with E-state index in [1.54, 1.807) is 0 Å². The van der Waals surface area contributed by atoms with Gasteiger partial charge in [-0.25, -0.2) is 4.98 Å². The van der Waals surface area contributed by atoms with Crippen molar-refractivity contribution in [2.24, 2.45) is 5.92 Å². The Bertz CT molecular complexity index is 363. The van der Waals surface area contributed by atoms with E-state index in [4.69, 9.17) is 4.98 Å². The van der Waals surface area contributed by atoms with Crippen LogP contribution in [0.15, 0.2) is 5.38 Å². The van der Waals surface area contributed by atoms with Gasteiger partial charge < -0.3 is 5.32 Å². The van der Waals surface area contributed by atoms with Gasteiger partial charge in [-0.15, -0.1) is 11.3 Å². The molecule has 0 aromatic carbocycles. The van der Waals surface area contributed by atoms with Gasteiger partial charge in [0.05, 0.1) is 5.54 Å². The molecule has 16 heavy (non-hydrogen) atoms. The molecule has 3 rings (SSSR count). The maximum atomic E-state index is 4.70. The first-order chi connectivity index (χ1) is 7.66. The van der Waals surface area contributed by atoms with Crippen molar-refractivity contribution in [2.45, 2.75) is 57.5 Å². The summed E-state index contributed by atoms with van der Waals surface area (Å²) in [5.41, 5.74) is 1.31. The van der Waals surface area contributed by atoms with Gasteiger partial charge in [0.15, 0.2) is 0 Å². The average Bonchev–Trinajstić information content (AvgIpc) is 3.12. The van der Waals surface area contributed by atoms with Crippen molar-refractivity contribution < 1.29 is 0 Å². The fraction of sp³-hybridized carbons (Fsp3) is 0.769. The lowest BCUT2D eigenvalue weighted by Gasteiger charge is -2.29. The van der Waals surface area contributed by atoms with Crippen LogP contribution in [0, 0.1) is 12.8 Å². The number of nitrogens with one attached hydrogen (secondary N) is 1. The number of nitrogens with zero attached hydrogens (tertiary/aromatic N) is 1. The fourth-order valence-electron chi connectivity index (χ4n) is 2.39. The molecule has 88 valence electrons. The van der Waals surface area contributed by atoms with Gasteiger partial charge in [0.2, 0.25) is 0 Å². The highest BCUT2D eigenvalue weighted by Gasteiger charge is 2.40. The predicted octanol–water partition coefficient (Wildman–Crippen LogP) is 3.22. The number of hydrogen-bond acceptors (Lipinski definition) is 3. The van der Waals surface area contributed by atoms with Crippen LogP contribution in [-0.2, 0) is 5.54 Å². The van der Waals surface area contributed by atoms with Crippen LogP contribution in [0.3, 0.4) is 0 Å². The smallest absolute Gasteiger partial charge is 0.113 e. The van der Waals surface area contributed by atoms with E-state index in [1.165, 1.54) is 42.8 Å². The molecule has 2 aliphatic rings. The maximum Gasteiger partial charge on any atom is 0.113 e. The largest absolute Gasteiger partial charge is 0.303 e. The molecule has 0 radical (unpaired) electrons.